The second kappa shape index (κ2) is 7.21. The van der Waals surface area contributed by atoms with Gasteiger partial charge in [0.05, 0.1) is 38.1 Å². The molecule has 5 nitrogen and oxygen atoms in total. The third-order valence-corrected chi connectivity index (χ3v) is 3.65. The average molecular weight is 333 g/mol. The van der Waals surface area contributed by atoms with Crippen molar-refractivity contribution in [2.24, 2.45) is 0 Å². The maximum Gasteiger partial charge on any atom is 0.201 e. The quantitative estimate of drug-likeness (QED) is 0.760. The van der Waals surface area contributed by atoms with E-state index >= 15 is 0 Å². The summed E-state index contributed by atoms with van der Waals surface area (Å²) in [6.07, 6.45) is 0. The summed E-state index contributed by atoms with van der Waals surface area (Å²) >= 11 is 0. The van der Waals surface area contributed by atoms with Crippen molar-refractivity contribution in [3.8, 4) is 17.2 Å². The molecule has 0 aliphatic carbocycles. The summed E-state index contributed by atoms with van der Waals surface area (Å²) in [7, 11) is 7.90. The van der Waals surface area contributed by atoms with Gasteiger partial charge < -0.3 is 19.1 Å². The number of carbonyl (C=O) groups is 1. The van der Waals surface area contributed by atoms with Crippen LogP contribution in [-0.4, -0.2) is 41.2 Å². The first kappa shape index (κ1) is 17.6. The number of nitrogens with zero attached hydrogens (tertiary/aromatic N) is 1. The third kappa shape index (κ3) is 3.13. The lowest BCUT2D eigenvalue weighted by atomic mass is 9.99. The van der Waals surface area contributed by atoms with E-state index in [2.05, 4.69) is 0 Å². The standard InChI is InChI=1S/C18H20FNO4/c1-20(2)13-9-11(22-3)10-15(24-5)16(13)18(21)12-7-6-8-14(23-4)17(12)19/h6-10H,1-5H3. The van der Waals surface area contributed by atoms with E-state index in [4.69, 9.17) is 14.2 Å². The number of anilines is 1. The molecular formula is C18H20FNO4. The first-order valence-corrected chi connectivity index (χ1v) is 7.25. The molecule has 0 bridgehead atoms. The van der Waals surface area contributed by atoms with Gasteiger partial charge in [-0.2, -0.15) is 0 Å². The van der Waals surface area contributed by atoms with Crippen molar-refractivity contribution in [1.29, 1.82) is 0 Å². The number of ketones is 1. The first-order chi connectivity index (χ1) is 11.4. The lowest BCUT2D eigenvalue weighted by Crippen LogP contribution is -2.16. The van der Waals surface area contributed by atoms with Gasteiger partial charge in [-0.25, -0.2) is 4.39 Å². The molecule has 0 unspecified atom stereocenters. The van der Waals surface area contributed by atoms with Gasteiger partial charge in [-0.05, 0) is 12.1 Å². The summed E-state index contributed by atoms with van der Waals surface area (Å²) in [6, 6.07) is 7.75. The number of hydrogen-bond acceptors (Lipinski definition) is 5. The maximum atomic E-state index is 14.5. The van der Waals surface area contributed by atoms with Gasteiger partial charge in [-0.15, -0.1) is 0 Å². The molecule has 0 atom stereocenters. The zero-order valence-corrected chi connectivity index (χ0v) is 14.3. The molecular weight excluding hydrogens is 313 g/mol. The molecule has 0 saturated heterocycles. The van der Waals surface area contributed by atoms with E-state index in [0.717, 1.165) is 0 Å². The van der Waals surface area contributed by atoms with Crippen molar-refractivity contribution in [1.82, 2.24) is 0 Å². The van der Waals surface area contributed by atoms with Crippen LogP contribution in [-0.2, 0) is 0 Å². The number of ether oxygens (including phenoxy) is 3. The van der Waals surface area contributed by atoms with E-state index in [-0.39, 0.29) is 16.9 Å². The van der Waals surface area contributed by atoms with E-state index in [1.807, 2.05) is 0 Å². The van der Waals surface area contributed by atoms with Crippen LogP contribution in [0, 0.1) is 5.82 Å². The molecule has 0 heterocycles. The fourth-order valence-electron chi connectivity index (χ4n) is 2.41. The molecule has 2 aromatic carbocycles. The van der Waals surface area contributed by atoms with Crippen LogP contribution in [0.2, 0.25) is 0 Å². The highest BCUT2D eigenvalue weighted by Gasteiger charge is 2.25. The Morgan fingerprint density at radius 1 is 1.00 bits per heavy atom. The molecule has 24 heavy (non-hydrogen) atoms. The Hall–Kier alpha value is -2.76. The zero-order valence-electron chi connectivity index (χ0n) is 14.3. The summed E-state index contributed by atoms with van der Waals surface area (Å²) in [6.45, 7) is 0. The summed E-state index contributed by atoms with van der Waals surface area (Å²) in [5.41, 5.74) is 0.745. The van der Waals surface area contributed by atoms with Gasteiger partial charge in [0, 0.05) is 26.2 Å². The van der Waals surface area contributed by atoms with Gasteiger partial charge >= 0.3 is 0 Å². The fraction of sp³-hybridized carbons (Fsp3) is 0.278. The van der Waals surface area contributed by atoms with Crippen LogP contribution in [0.5, 0.6) is 17.2 Å². The van der Waals surface area contributed by atoms with Gasteiger partial charge in [-0.3, -0.25) is 4.79 Å². The molecule has 0 N–H and O–H groups in total. The largest absolute Gasteiger partial charge is 0.497 e. The number of benzene rings is 2. The van der Waals surface area contributed by atoms with Crippen LogP contribution in [0.1, 0.15) is 15.9 Å². The van der Waals surface area contributed by atoms with Crippen molar-refractivity contribution in [3.63, 3.8) is 0 Å². The molecule has 0 aliphatic rings. The van der Waals surface area contributed by atoms with Crippen LogP contribution in [0.25, 0.3) is 0 Å². The Morgan fingerprint density at radius 3 is 2.21 bits per heavy atom. The second-order valence-corrected chi connectivity index (χ2v) is 5.27. The van der Waals surface area contributed by atoms with Crippen LogP contribution >= 0.6 is 0 Å². The Labute approximate surface area is 140 Å². The van der Waals surface area contributed by atoms with Crippen LogP contribution in [0.3, 0.4) is 0 Å². The molecule has 6 heteroatoms. The van der Waals surface area contributed by atoms with Crippen LogP contribution in [0.15, 0.2) is 30.3 Å². The van der Waals surface area contributed by atoms with E-state index in [0.29, 0.717) is 17.2 Å². The van der Waals surface area contributed by atoms with Crippen LogP contribution in [0.4, 0.5) is 10.1 Å². The smallest absolute Gasteiger partial charge is 0.201 e. The second-order valence-electron chi connectivity index (χ2n) is 5.27. The molecule has 0 spiro atoms. The van der Waals surface area contributed by atoms with Gasteiger partial charge in [0.1, 0.15) is 11.5 Å². The SMILES string of the molecule is COc1cc(OC)c(C(=O)c2cccc(OC)c2F)c(N(C)C)c1. The molecule has 0 amide bonds. The molecule has 2 rings (SSSR count). The van der Waals surface area contributed by atoms with E-state index in [1.54, 1.807) is 37.2 Å². The maximum absolute atomic E-state index is 14.5. The van der Waals surface area contributed by atoms with Crippen molar-refractivity contribution in [2.75, 3.05) is 40.3 Å². The summed E-state index contributed by atoms with van der Waals surface area (Å²) < 4.78 is 30.0. The number of rotatable bonds is 6. The monoisotopic (exact) mass is 333 g/mol. The Bertz CT molecular complexity index is 759. The minimum Gasteiger partial charge on any atom is -0.497 e. The Balaban J connectivity index is 2.69. The molecule has 0 aromatic heterocycles. The molecule has 0 radical (unpaired) electrons. The number of methoxy groups -OCH3 is 3. The van der Waals surface area contributed by atoms with E-state index in [9.17, 15) is 9.18 Å². The highest BCUT2D eigenvalue weighted by Crippen LogP contribution is 2.36. The summed E-state index contributed by atoms with van der Waals surface area (Å²) in [4.78, 5) is 14.7. The van der Waals surface area contributed by atoms with Crippen molar-refractivity contribution < 1.29 is 23.4 Å². The van der Waals surface area contributed by atoms with Crippen molar-refractivity contribution >= 4 is 11.5 Å². The van der Waals surface area contributed by atoms with E-state index < -0.39 is 11.6 Å². The minimum atomic E-state index is -0.701. The fourth-order valence-corrected chi connectivity index (χ4v) is 2.41. The number of halogens is 1. The lowest BCUT2D eigenvalue weighted by molar-refractivity contribution is 0.103. The summed E-state index contributed by atoms with van der Waals surface area (Å²) in [5, 5.41) is 0. The van der Waals surface area contributed by atoms with Crippen LogP contribution < -0.4 is 19.1 Å². The third-order valence-electron chi connectivity index (χ3n) is 3.65. The number of hydrogen-bond donors (Lipinski definition) is 0. The van der Waals surface area contributed by atoms with E-state index in [1.165, 1.54) is 33.5 Å². The molecule has 128 valence electrons. The predicted molar refractivity (Wildman–Crippen MR) is 90.3 cm³/mol. The predicted octanol–water partition coefficient (Wildman–Crippen LogP) is 3.15. The van der Waals surface area contributed by atoms with Crippen molar-refractivity contribution in [3.05, 3.63) is 47.3 Å². The topological polar surface area (TPSA) is 48.0 Å². The lowest BCUT2D eigenvalue weighted by Gasteiger charge is -2.20. The normalized spacial score (nSPS) is 10.2. The van der Waals surface area contributed by atoms with Gasteiger partial charge in [0.15, 0.2) is 11.6 Å². The van der Waals surface area contributed by atoms with Crippen molar-refractivity contribution in [2.45, 2.75) is 0 Å². The average Bonchev–Trinajstić information content (AvgIpc) is 2.59. The van der Waals surface area contributed by atoms with Gasteiger partial charge in [0.2, 0.25) is 5.78 Å². The highest BCUT2D eigenvalue weighted by molar-refractivity contribution is 6.14. The molecule has 0 fully saturated rings. The van der Waals surface area contributed by atoms with Gasteiger partial charge in [-0.1, -0.05) is 6.07 Å². The Morgan fingerprint density at radius 2 is 1.67 bits per heavy atom. The highest BCUT2D eigenvalue weighted by atomic mass is 19.1. The first-order valence-electron chi connectivity index (χ1n) is 7.25. The minimum absolute atomic E-state index is 0.0136. The Kier molecular flexibility index (Phi) is 5.28. The van der Waals surface area contributed by atoms with Gasteiger partial charge in [0.25, 0.3) is 0 Å². The molecule has 2 aromatic rings. The molecule has 0 aliphatic heterocycles. The summed E-state index contributed by atoms with van der Waals surface area (Å²) in [5.74, 6) is -0.328. The zero-order chi connectivity index (χ0) is 17.9. The number of carbonyl (C=O) groups excluding carboxylic acids is 1. The molecule has 0 saturated carbocycles.